The van der Waals surface area contributed by atoms with E-state index in [0.29, 0.717) is 58.7 Å². The number of aromatic nitrogens is 6. The zero-order valence-corrected chi connectivity index (χ0v) is 20.2. The second kappa shape index (κ2) is 10.7. The first-order valence-corrected chi connectivity index (χ1v) is 11.2. The first kappa shape index (κ1) is 24.4. The summed E-state index contributed by atoms with van der Waals surface area (Å²) in [5.74, 6) is 8.44. The van der Waals surface area contributed by atoms with Crippen molar-refractivity contribution in [3.05, 3.63) is 54.6 Å². The van der Waals surface area contributed by atoms with Crippen molar-refractivity contribution in [2.45, 2.75) is 26.3 Å². The number of carbonyl (C=O) groups is 1. The Bertz CT molecular complexity index is 1420. The van der Waals surface area contributed by atoms with Crippen LogP contribution in [-0.4, -0.2) is 42.4 Å². The maximum Gasteiger partial charge on any atom is 0.184 e. The molecule has 0 atom stereocenters. The molecule has 0 aliphatic carbocycles. The SMILES string of the molecule is CCC(=O)c1cnc(Nc2ccn(CCC#N)n2)cc1N(N)c1cccc(-c2ncn(C)n2)c1OC. The van der Waals surface area contributed by atoms with Crippen LogP contribution in [0.25, 0.3) is 11.4 Å². The first-order chi connectivity index (χ1) is 17.4. The third kappa shape index (κ3) is 5.01. The number of methoxy groups -OCH3 is 1. The molecule has 184 valence electrons. The van der Waals surface area contributed by atoms with Crippen LogP contribution in [-0.2, 0) is 13.6 Å². The van der Waals surface area contributed by atoms with E-state index in [1.165, 1.54) is 11.2 Å². The van der Waals surface area contributed by atoms with Gasteiger partial charge in [-0.15, -0.1) is 0 Å². The summed E-state index contributed by atoms with van der Waals surface area (Å²) in [6, 6.07) is 11.0. The summed E-state index contributed by atoms with van der Waals surface area (Å²) in [6.07, 6.45) is 5.50. The standard InChI is InChI=1S/C24H26N10O2/c1-4-20(35)17-14-27-22(29-21-9-12-33(30-21)11-6-10-25)13-19(17)34(26)18-8-5-7-16(23(18)36-3)24-28-15-32(2)31-24/h5,7-9,12-15H,4,6,11,26H2,1-3H3,(H,27,29,30). The monoisotopic (exact) mass is 486 g/mol. The summed E-state index contributed by atoms with van der Waals surface area (Å²) < 4.78 is 8.97. The fourth-order valence-electron chi connectivity index (χ4n) is 3.66. The van der Waals surface area contributed by atoms with Crippen LogP contribution >= 0.6 is 0 Å². The van der Waals surface area contributed by atoms with Gasteiger partial charge in [-0.3, -0.25) is 19.2 Å². The van der Waals surface area contributed by atoms with E-state index >= 15 is 0 Å². The summed E-state index contributed by atoms with van der Waals surface area (Å²) in [6.45, 7) is 2.26. The van der Waals surface area contributed by atoms with Gasteiger partial charge in [0.25, 0.3) is 0 Å². The highest BCUT2D eigenvalue weighted by molar-refractivity contribution is 6.02. The lowest BCUT2D eigenvalue weighted by Crippen LogP contribution is -2.28. The van der Waals surface area contributed by atoms with Gasteiger partial charge >= 0.3 is 0 Å². The number of pyridine rings is 1. The quantitative estimate of drug-likeness (QED) is 0.194. The molecule has 3 aromatic heterocycles. The van der Waals surface area contributed by atoms with E-state index in [1.54, 1.807) is 61.2 Å². The van der Waals surface area contributed by atoms with Crippen molar-refractivity contribution in [2.24, 2.45) is 12.9 Å². The average Bonchev–Trinajstić information content (AvgIpc) is 3.54. The number of Topliss-reactive ketones (excluding diaryl/α,β-unsaturated/α-hetero) is 1. The highest BCUT2D eigenvalue weighted by Gasteiger charge is 2.22. The van der Waals surface area contributed by atoms with E-state index in [4.69, 9.17) is 15.8 Å². The summed E-state index contributed by atoms with van der Waals surface area (Å²) in [4.78, 5) is 21.5. The van der Waals surface area contributed by atoms with Crippen molar-refractivity contribution in [1.29, 1.82) is 5.26 Å². The largest absolute Gasteiger partial charge is 0.494 e. The van der Waals surface area contributed by atoms with Crippen LogP contribution in [0.4, 0.5) is 23.0 Å². The Balaban J connectivity index is 1.73. The van der Waals surface area contributed by atoms with Crippen LogP contribution in [0.1, 0.15) is 30.1 Å². The number of benzene rings is 1. The molecule has 4 rings (SSSR count). The van der Waals surface area contributed by atoms with Crippen LogP contribution in [0.2, 0.25) is 0 Å². The maximum absolute atomic E-state index is 12.8. The highest BCUT2D eigenvalue weighted by Crippen LogP contribution is 2.40. The average molecular weight is 487 g/mol. The van der Waals surface area contributed by atoms with Crippen molar-refractivity contribution in [3.8, 4) is 23.2 Å². The lowest BCUT2D eigenvalue weighted by Gasteiger charge is -2.24. The third-order valence-electron chi connectivity index (χ3n) is 5.41. The zero-order valence-electron chi connectivity index (χ0n) is 20.2. The van der Waals surface area contributed by atoms with Gasteiger partial charge in [0, 0.05) is 38.0 Å². The van der Waals surface area contributed by atoms with Gasteiger partial charge in [0.1, 0.15) is 17.8 Å². The van der Waals surface area contributed by atoms with Crippen LogP contribution in [0, 0.1) is 11.3 Å². The number of nitriles is 1. The Morgan fingerprint density at radius 2 is 2.06 bits per heavy atom. The number of nitrogens with two attached hydrogens (primary N) is 1. The summed E-state index contributed by atoms with van der Waals surface area (Å²) in [5, 5.41) is 22.1. The Morgan fingerprint density at radius 3 is 2.75 bits per heavy atom. The van der Waals surface area contributed by atoms with Gasteiger partial charge in [0.05, 0.1) is 43.0 Å². The highest BCUT2D eigenvalue weighted by atomic mass is 16.5. The number of para-hydroxylation sites is 1. The molecule has 12 heteroatoms. The minimum Gasteiger partial charge on any atom is -0.494 e. The molecule has 3 N–H and O–H groups in total. The lowest BCUT2D eigenvalue weighted by atomic mass is 10.1. The molecule has 0 fully saturated rings. The molecular weight excluding hydrogens is 460 g/mol. The van der Waals surface area contributed by atoms with E-state index in [-0.39, 0.29) is 12.2 Å². The summed E-state index contributed by atoms with van der Waals surface area (Å²) >= 11 is 0. The topological polar surface area (TPSA) is 153 Å². The lowest BCUT2D eigenvalue weighted by molar-refractivity contribution is 0.0988. The maximum atomic E-state index is 12.8. The minimum atomic E-state index is -0.109. The van der Waals surface area contributed by atoms with Crippen molar-refractivity contribution >= 4 is 28.8 Å². The van der Waals surface area contributed by atoms with Gasteiger partial charge in [0.15, 0.2) is 23.2 Å². The van der Waals surface area contributed by atoms with Gasteiger partial charge in [-0.25, -0.2) is 15.8 Å². The Kier molecular flexibility index (Phi) is 7.22. The Labute approximate surface area is 207 Å². The van der Waals surface area contributed by atoms with Crippen LogP contribution in [0.3, 0.4) is 0 Å². The molecule has 0 saturated heterocycles. The number of nitrogens with one attached hydrogen (secondary N) is 1. The number of rotatable bonds is 10. The number of ketones is 1. The molecule has 12 nitrogen and oxygen atoms in total. The van der Waals surface area contributed by atoms with E-state index in [9.17, 15) is 4.79 Å². The van der Waals surface area contributed by atoms with E-state index < -0.39 is 0 Å². The molecule has 0 aliphatic rings. The molecule has 0 spiro atoms. The van der Waals surface area contributed by atoms with Crippen molar-refractivity contribution < 1.29 is 9.53 Å². The number of ether oxygens (including phenoxy) is 1. The fourth-order valence-corrected chi connectivity index (χ4v) is 3.66. The fraction of sp³-hybridized carbons (Fsp3) is 0.250. The molecular formula is C24H26N10O2. The third-order valence-corrected chi connectivity index (χ3v) is 5.41. The van der Waals surface area contributed by atoms with Crippen LogP contribution in [0.5, 0.6) is 5.75 Å². The predicted molar refractivity (Wildman–Crippen MR) is 134 cm³/mol. The number of hydrogen-bond donors (Lipinski definition) is 2. The molecule has 0 aliphatic heterocycles. The second-order valence-electron chi connectivity index (χ2n) is 7.83. The van der Waals surface area contributed by atoms with Gasteiger partial charge < -0.3 is 10.1 Å². The number of aryl methyl sites for hydroxylation is 2. The summed E-state index contributed by atoms with van der Waals surface area (Å²) in [5.41, 5.74) is 1.98. The van der Waals surface area contributed by atoms with Gasteiger partial charge in [-0.2, -0.15) is 15.5 Å². The predicted octanol–water partition coefficient (Wildman–Crippen LogP) is 3.34. The van der Waals surface area contributed by atoms with Crippen molar-refractivity contribution in [2.75, 3.05) is 17.4 Å². The van der Waals surface area contributed by atoms with Gasteiger partial charge in [-0.05, 0) is 12.1 Å². The van der Waals surface area contributed by atoms with Gasteiger partial charge in [0.2, 0.25) is 0 Å². The van der Waals surface area contributed by atoms with E-state index in [0.717, 1.165) is 0 Å². The van der Waals surface area contributed by atoms with Crippen LogP contribution in [0.15, 0.2) is 49.1 Å². The number of nitrogens with zero attached hydrogens (tertiary/aromatic N) is 8. The van der Waals surface area contributed by atoms with Crippen molar-refractivity contribution in [1.82, 2.24) is 29.5 Å². The molecule has 1 aromatic carbocycles. The molecule has 0 bridgehead atoms. The molecule has 36 heavy (non-hydrogen) atoms. The first-order valence-electron chi connectivity index (χ1n) is 11.2. The minimum absolute atomic E-state index is 0.109. The molecule has 0 radical (unpaired) electrons. The number of anilines is 4. The van der Waals surface area contributed by atoms with Crippen LogP contribution < -0.4 is 20.9 Å². The number of carbonyl (C=O) groups excluding carboxylic acids is 1. The molecule has 0 saturated carbocycles. The number of hydrazine groups is 1. The Hall–Kier alpha value is -4.76. The normalized spacial score (nSPS) is 10.6. The van der Waals surface area contributed by atoms with Gasteiger partial charge in [-0.1, -0.05) is 13.0 Å². The smallest absolute Gasteiger partial charge is 0.184 e. The molecule has 0 unspecified atom stereocenters. The Morgan fingerprint density at radius 1 is 1.22 bits per heavy atom. The zero-order chi connectivity index (χ0) is 25.7. The molecule has 3 heterocycles. The second-order valence-corrected chi connectivity index (χ2v) is 7.83. The van der Waals surface area contributed by atoms with Crippen molar-refractivity contribution in [3.63, 3.8) is 0 Å². The molecule has 4 aromatic rings. The molecule has 0 amide bonds. The number of hydrogen-bond acceptors (Lipinski definition) is 10. The van der Waals surface area contributed by atoms with E-state index in [1.807, 2.05) is 12.1 Å². The van der Waals surface area contributed by atoms with E-state index in [2.05, 4.69) is 31.6 Å². The summed E-state index contributed by atoms with van der Waals surface area (Å²) in [7, 11) is 3.32.